The van der Waals surface area contributed by atoms with Crippen LogP contribution in [0.3, 0.4) is 0 Å². The highest BCUT2D eigenvalue weighted by molar-refractivity contribution is 7.99. The molecule has 112 valence electrons. The van der Waals surface area contributed by atoms with E-state index in [1.54, 1.807) is 18.7 Å². The lowest BCUT2D eigenvalue weighted by Crippen LogP contribution is -2.31. The van der Waals surface area contributed by atoms with Gasteiger partial charge in [-0.1, -0.05) is 0 Å². The van der Waals surface area contributed by atoms with E-state index in [-0.39, 0.29) is 5.78 Å². The summed E-state index contributed by atoms with van der Waals surface area (Å²) < 4.78 is 5.72. The molecule has 0 aliphatic carbocycles. The molecule has 1 aromatic rings. The number of thiophene rings is 1. The van der Waals surface area contributed by atoms with E-state index in [0.29, 0.717) is 16.7 Å². The Bertz CT molecular complexity index is 482. The standard InChI is InChI=1S/C14H22N2O2S2/c1-4-16(8-10-6-5-7-18-10)14-13(19-3)11(15)12(20-14)9(2)17/h10H,4-8,15H2,1-3H3. The van der Waals surface area contributed by atoms with E-state index in [0.717, 1.165) is 42.4 Å². The van der Waals surface area contributed by atoms with Gasteiger partial charge in [0.2, 0.25) is 0 Å². The second-order valence-corrected chi connectivity index (χ2v) is 6.73. The molecule has 1 unspecified atom stereocenters. The van der Waals surface area contributed by atoms with Crippen LogP contribution >= 0.6 is 23.1 Å². The van der Waals surface area contributed by atoms with Gasteiger partial charge in [-0.2, -0.15) is 0 Å². The van der Waals surface area contributed by atoms with Crippen LogP contribution in [-0.2, 0) is 4.74 Å². The molecule has 1 aliphatic heterocycles. The highest BCUT2D eigenvalue weighted by Crippen LogP contribution is 2.44. The number of carbonyl (C=O) groups is 1. The van der Waals surface area contributed by atoms with Crippen molar-refractivity contribution < 1.29 is 9.53 Å². The molecule has 1 aliphatic rings. The first kappa shape index (κ1) is 15.7. The maximum atomic E-state index is 11.7. The molecule has 0 radical (unpaired) electrons. The summed E-state index contributed by atoms with van der Waals surface area (Å²) in [6.45, 7) is 6.34. The lowest BCUT2D eigenvalue weighted by Gasteiger charge is -2.25. The second-order valence-electron chi connectivity index (χ2n) is 4.91. The van der Waals surface area contributed by atoms with Crippen LogP contribution in [-0.4, -0.2) is 37.8 Å². The highest BCUT2D eigenvalue weighted by Gasteiger charge is 2.25. The summed E-state index contributed by atoms with van der Waals surface area (Å²) >= 11 is 3.12. The van der Waals surface area contributed by atoms with Crippen LogP contribution in [0.25, 0.3) is 0 Å². The van der Waals surface area contributed by atoms with Crippen LogP contribution in [0.1, 0.15) is 36.4 Å². The summed E-state index contributed by atoms with van der Waals surface area (Å²) in [4.78, 5) is 15.7. The number of anilines is 2. The second kappa shape index (κ2) is 6.83. The Hall–Kier alpha value is -0.720. The van der Waals surface area contributed by atoms with E-state index >= 15 is 0 Å². The topological polar surface area (TPSA) is 55.6 Å². The van der Waals surface area contributed by atoms with Crippen molar-refractivity contribution in [3.8, 4) is 0 Å². The number of hydrogen-bond acceptors (Lipinski definition) is 6. The molecule has 1 fully saturated rings. The molecule has 0 aromatic carbocycles. The zero-order valence-corrected chi connectivity index (χ0v) is 13.9. The van der Waals surface area contributed by atoms with Crippen molar-refractivity contribution >= 4 is 39.6 Å². The number of nitrogen functional groups attached to an aromatic ring is 1. The van der Waals surface area contributed by atoms with Gasteiger partial charge in [-0.25, -0.2) is 0 Å². The third-order valence-corrected chi connectivity index (χ3v) is 5.84. The number of Topliss-reactive ketones (excluding diaryl/α,β-unsaturated/α-hetero) is 1. The molecule has 0 bridgehead atoms. The molecule has 0 spiro atoms. The number of ether oxygens (including phenoxy) is 1. The fourth-order valence-electron chi connectivity index (χ4n) is 2.47. The molecule has 2 heterocycles. The fraction of sp³-hybridized carbons (Fsp3) is 0.643. The highest BCUT2D eigenvalue weighted by atomic mass is 32.2. The zero-order chi connectivity index (χ0) is 14.7. The third kappa shape index (κ3) is 3.13. The Morgan fingerprint density at radius 2 is 2.35 bits per heavy atom. The Morgan fingerprint density at radius 3 is 2.85 bits per heavy atom. The van der Waals surface area contributed by atoms with Crippen LogP contribution < -0.4 is 10.6 Å². The molecular formula is C14H22N2O2S2. The van der Waals surface area contributed by atoms with E-state index < -0.39 is 0 Å². The summed E-state index contributed by atoms with van der Waals surface area (Å²) in [5.74, 6) is 0.0437. The summed E-state index contributed by atoms with van der Waals surface area (Å²) in [5, 5.41) is 1.11. The summed E-state index contributed by atoms with van der Waals surface area (Å²) in [6.07, 6.45) is 4.56. The third-order valence-electron chi connectivity index (χ3n) is 3.52. The number of thioether (sulfide) groups is 1. The molecule has 1 aromatic heterocycles. The zero-order valence-electron chi connectivity index (χ0n) is 12.3. The van der Waals surface area contributed by atoms with Crippen molar-refractivity contribution in [3.05, 3.63) is 4.88 Å². The lowest BCUT2D eigenvalue weighted by molar-refractivity contribution is 0.102. The van der Waals surface area contributed by atoms with Gasteiger partial charge in [0.15, 0.2) is 5.78 Å². The number of nitrogens with two attached hydrogens (primary N) is 1. The number of likely N-dealkylation sites (N-methyl/N-ethyl adjacent to an activating group) is 1. The molecule has 1 saturated heterocycles. The summed E-state index contributed by atoms with van der Waals surface area (Å²) in [5.41, 5.74) is 6.76. The van der Waals surface area contributed by atoms with Gasteiger partial charge < -0.3 is 15.4 Å². The molecule has 1 atom stereocenters. The minimum atomic E-state index is 0.0437. The van der Waals surface area contributed by atoms with Gasteiger partial charge in [0, 0.05) is 26.6 Å². The SMILES string of the molecule is CCN(CC1CCCO1)c1sc(C(C)=O)c(N)c1SC. The van der Waals surface area contributed by atoms with Crippen LogP contribution in [0.4, 0.5) is 10.7 Å². The lowest BCUT2D eigenvalue weighted by atomic mass is 10.2. The normalized spacial score (nSPS) is 18.4. The van der Waals surface area contributed by atoms with Gasteiger partial charge in [-0.3, -0.25) is 4.79 Å². The minimum Gasteiger partial charge on any atom is -0.396 e. The molecule has 4 nitrogen and oxygen atoms in total. The average Bonchev–Trinajstić information content (AvgIpc) is 3.03. The smallest absolute Gasteiger partial charge is 0.171 e. The van der Waals surface area contributed by atoms with E-state index in [1.807, 2.05) is 6.26 Å². The van der Waals surface area contributed by atoms with Crippen LogP contribution in [0, 0.1) is 0 Å². The van der Waals surface area contributed by atoms with Crippen molar-refractivity contribution in [2.75, 3.05) is 36.6 Å². The first-order valence-electron chi connectivity index (χ1n) is 6.92. The Balaban J connectivity index is 2.27. The van der Waals surface area contributed by atoms with Crippen LogP contribution in [0.15, 0.2) is 4.90 Å². The Labute approximate surface area is 128 Å². The first-order chi connectivity index (χ1) is 9.58. The van der Waals surface area contributed by atoms with E-state index in [1.165, 1.54) is 11.3 Å². The monoisotopic (exact) mass is 314 g/mol. The number of hydrogen-bond donors (Lipinski definition) is 1. The molecule has 0 amide bonds. The maximum absolute atomic E-state index is 11.7. The largest absolute Gasteiger partial charge is 0.396 e. The number of ketones is 1. The predicted octanol–water partition coefficient (Wildman–Crippen LogP) is 3.26. The van der Waals surface area contributed by atoms with Gasteiger partial charge in [0.05, 0.1) is 21.6 Å². The van der Waals surface area contributed by atoms with Gasteiger partial charge in [-0.15, -0.1) is 23.1 Å². The number of nitrogens with zero attached hydrogens (tertiary/aromatic N) is 1. The van der Waals surface area contributed by atoms with Crippen molar-refractivity contribution in [2.24, 2.45) is 0 Å². The molecule has 2 N–H and O–H groups in total. The first-order valence-corrected chi connectivity index (χ1v) is 8.96. The average molecular weight is 314 g/mol. The van der Waals surface area contributed by atoms with Crippen LogP contribution in [0.5, 0.6) is 0 Å². The summed E-state index contributed by atoms with van der Waals surface area (Å²) in [6, 6.07) is 0. The van der Waals surface area contributed by atoms with Gasteiger partial charge in [-0.05, 0) is 26.0 Å². The Morgan fingerprint density at radius 1 is 1.60 bits per heavy atom. The number of rotatable bonds is 6. The van der Waals surface area contributed by atoms with Crippen molar-refractivity contribution in [1.29, 1.82) is 0 Å². The quantitative estimate of drug-likeness (QED) is 0.645. The van der Waals surface area contributed by atoms with Gasteiger partial charge in [0.1, 0.15) is 5.00 Å². The maximum Gasteiger partial charge on any atom is 0.171 e. The van der Waals surface area contributed by atoms with Gasteiger partial charge in [0.25, 0.3) is 0 Å². The van der Waals surface area contributed by atoms with Crippen LogP contribution in [0.2, 0.25) is 0 Å². The van der Waals surface area contributed by atoms with E-state index in [2.05, 4.69) is 11.8 Å². The fourth-order valence-corrected chi connectivity index (χ4v) is 4.62. The van der Waals surface area contributed by atoms with Crippen molar-refractivity contribution in [2.45, 2.75) is 37.7 Å². The minimum absolute atomic E-state index is 0.0437. The number of carbonyl (C=O) groups excluding carboxylic acids is 1. The molecular weight excluding hydrogens is 292 g/mol. The molecule has 0 saturated carbocycles. The van der Waals surface area contributed by atoms with E-state index in [9.17, 15) is 4.79 Å². The molecule has 20 heavy (non-hydrogen) atoms. The predicted molar refractivity (Wildman–Crippen MR) is 87.4 cm³/mol. The van der Waals surface area contributed by atoms with Gasteiger partial charge >= 0.3 is 0 Å². The molecule has 6 heteroatoms. The Kier molecular flexibility index (Phi) is 5.35. The van der Waals surface area contributed by atoms with E-state index in [4.69, 9.17) is 10.5 Å². The van der Waals surface area contributed by atoms with Crippen molar-refractivity contribution in [3.63, 3.8) is 0 Å². The molecule has 2 rings (SSSR count). The summed E-state index contributed by atoms with van der Waals surface area (Å²) in [7, 11) is 0. The van der Waals surface area contributed by atoms with Crippen molar-refractivity contribution in [1.82, 2.24) is 0 Å².